The van der Waals surface area contributed by atoms with Crippen LogP contribution >= 0.6 is 11.6 Å². The van der Waals surface area contributed by atoms with Gasteiger partial charge in [-0.3, -0.25) is 0 Å². The van der Waals surface area contributed by atoms with Crippen molar-refractivity contribution in [3.8, 4) is 11.4 Å². The standard InChI is InChI=1S/C19H19ClF3N3O2/c1-18(2,3)28-17(27)26-9-8-13-14(10-26)24-16(25-15(13)20)11-4-6-12(7-5-11)19(21,22)23/h4-7H,8-10H2,1-3H3. The van der Waals surface area contributed by atoms with E-state index in [2.05, 4.69) is 9.97 Å². The maximum atomic E-state index is 12.7. The highest BCUT2D eigenvalue weighted by atomic mass is 35.5. The minimum absolute atomic E-state index is 0.195. The van der Waals surface area contributed by atoms with Crippen LogP contribution in [-0.4, -0.2) is 33.1 Å². The van der Waals surface area contributed by atoms with Gasteiger partial charge < -0.3 is 9.64 Å². The Balaban J connectivity index is 1.87. The van der Waals surface area contributed by atoms with E-state index in [9.17, 15) is 18.0 Å². The van der Waals surface area contributed by atoms with Gasteiger partial charge in [0.05, 0.1) is 17.8 Å². The summed E-state index contributed by atoms with van der Waals surface area (Å²) >= 11 is 6.27. The van der Waals surface area contributed by atoms with Gasteiger partial charge in [0.1, 0.15) is 10.8 Å². The number of rotatable bonds is 1. The monoisotopic (exact) mass is 413 g/mol. The maximum Gasteiger partial charge on any atom is 0.416 e. The number of alkyl halides is 3. The van der Waals surface area contributed by atoms with Crippen LogP contribution in [0.5, 0.6) is 0 Å². The molecule has 0 saturated carbocycles. The smallest absolute Gasteiger partial charge is 0.416 e. The van der Waals surface area contributed by atoms with Crippen LogP contribution in [0.15, 0.2) is 24.3 Å². The minimum atomic E-state index is -4.42. The maximum absolute atomic E-state index is 12.7. The van der Waals surface area contributed by atoms with Crippen LogP contribution in [0.2, 0.25) is 5.15 Å². The number of carbonyl (C=O) groups is 1. The number of amides is 1. The van der Waals surface area contributed by atoms with Crippen LogP contribution in [0, 0.1) is 0 Å². The van der Waals surface area contributed by atoms with Crippen molar-refractivity contribution in [2.45, 2.75) is 45.5 Å². The summed E-state index contributed by atoms with van der Waals surface area (Å²) in [5.74, 6) is 0.212. The Labute approximate surface area is 165 Å². The molecule has 1 aromatic heterocycles. The molecule has 150 valence electrons. The Morgan fingerprint density at radius 1 is 1.14 bits per heavy atom. The molecule has 0 spiro atoms. The summed E-state index contributed by atoms with van der Waals surface area (Å²) in [6, 6.07) is 4.54. The van der Waals surface area contributed by atoms with Crippen LogP contribution in [0.4, 0.5) is 18.0 Å². The molecule has 0 radical (unpaired) electrons. The van der Waals surface area contributed by atoms with Crippen molar-refractivity contribution in [3.05, 3.63) is 46.2 Å². The van der Waals surface area contributed by atoms with Gasteiger partial charge >= 0.3 is 12.3 Å². The highest BCUT2D eigenvalue weighted by Crippen LogP contribution is 2.32. The van der Waals surface area contributed by atoms with Crippen LogP contribution in [0.25, 0.3) is 11.4 Å². The lowest BCUT2D eigenvalue weighted by Gasteiger charge is -2.31. The average molecular weight is 414 g/mol. The molecular weight excluding hydrogens is 395 g/mol. The highest BCUT2D eigenvalue weighted by molar-refractivity contribution is 6.30. The van der Waals surface area contributed by atoms with Gasteiger partial charge in [-0.25, -0.2) is 14.8 Å². The van der Waals surface area contributed by atoms with Crippen molar-refractivity contribution in [2.75, 3.05) is 6.54 Å². The number of aromatic nitrogens is 2. The number of halogens is 4. The number of hydrogen-bond donors (Lipinski definition) is 0. The SMILES string of the molecule is CC(C)(C)OC(=O)N1CCc2c(Cl)nc(-c3ccc(C(F)(F)F)cc3)nc2C1. The average Bonchev–Trinajstić information content (AvgIpc) is 2.59. The van der Waals surface area contributed by atoms with Gasteiger partial charge in [0, 0.05) is 17.7 Å². The molecule has 3 rings (SSSR count). The number of carbonyl (C=O) groups excluding carboxylic acids is 1. The van der Waals surface area contributed by atoms with E-state index in [1.54, 1.807) is 20.8 Å². The van der Waals surface area contributed by atoms with Gasteiger partial charge in [-0.05, 0) is 39.3 Å². The number of fused-ring (bicyclic) bond motifs is 1. The van der Waals surface area contributed by atoms with E-state index in [0.29, 0.717) is 24.2 Å². The fourth-order valence-corrected chi connectivity index (χ4v) is 3.09. The number of ether oxygens (including phenoxy) is 1. The molecule has 9 heteroatoms. The summed E-state index contributed by atoms with van der Waals surface area (Å²) in [7, 11) is 0. The fourth-order valence-electron chi connectivity index (χ4n) is 2.80. The largest absolute Gasteiger partial charge is 0.444 e. The van der Waals surface area contributed by atoms with Crippen LogP contribution in [-0.2, 0) is 23.9 Å². The molecule has 1 aliphatic heterocycles. The number of nitrogens with zero attached hydrogens (tertiary/aromatic N) is 3. The Bertz CT molecular complexity index is 893. The van der Waals surface area contributed by atoms with Gasteiger partial charge in [-0.2, -0.15) is 13.2 Å². The molecule has 2 heterocycles. The van der Waals surface area contributed by atoms with Crippen molar-refractivity contribution in [1.29, 1.82) is 0 Å². The van der Waals surface area contributed by atoms with Gasteiger partial charge in [0.2, 0.25) is 0 Å². The second-order valence-electron chi connectivity index (χ2n) is 7.49. The van der Waals surface area contributed by atoms with E-state index in [1.807, 2.05) is 0 Å². The Morgan fingerprint density at radius 3 is 2.36 bits per heavy atom. The summed E-state index contributed by atoms with van der Waals surface area (Å²) < 4.78 is 43.6. The van der Waals surface area contributed by atoms with Crippen LogP contribution < -0.4 is 0 Å². The molecule has 1 aliphatic rings. The lowest BCUT2D eigenvalue weighted by molar-refractivity contribution is -0.137. The summed E-state index contributed by atoms with van der Waals surface area (Å²) in [6.07, 6.45) is -4.40. The first kappa shape index (κ1) is 20.4. The third-order valence-corrected chi connectivity index (χ3v) is 4.45. The molecule has 0 fully saturated rings. The second kappa shape index (κ2) is 7.24. The van der Waals surface area contributed by atoms with Gasteiger partial charge in [0.15, 0.2) is 5.82 Å². The Morgan fingerprint density at radius 2 is 1.79 bits per heavy atom. The van der Waals surface area contributed by atoms with Gasteiger partial charge in [-0.15, -0.1) is 0 Å². The van der Waals surface area contributed by atoms with Crippen molar-refractivity contribution in [3.63, 3.8) is 0 Å². The predicted octanol–water partition coefficient (Wildman–Crippen LogP) is 5.11. The molecule has 1 aromatic carbocycles. The van der Waals surface area contributed by atoms with Crippen LogP contribution in [0.3, 0.4) is 0 Å². The van der Waals surface area contributed by atoms with Crippen LogP contribution in [0.1, 0.15) is 37.6 Å². The van der Waals surface area contributed by atoms with Crippen molar-refractivity contribution < 1.29 is 22.7 Å². The van der Waals surface area contributed by atoms with E-state index in [1.165, 1.54) is 17.0 Å². The third kappa shape index (κ3) is 4.55. The molecule has 0 aliphatic carbocycles. The van der Waals surface area contributed by atoms with E-state index in [0.717, 1.165) is 17.7 Å². The molecule has 0 bridgehead atoms. The van der Waals surface area contributed by atoms with Crippen molar-refractivity contribution in [2.24, 2.45) is 0 Å². The molecule has 5 nitrogen and oxygen atoms in total. The summed E-state index contributed by atoms with van der Waals surface area (Å²) in [5.41, 5.74) is 0.333. The Kier molecular flexibility index (Phi) is 5.27. The lowest BCUT2D eigenvalue weighted by Crippen LogP contribution is -2.40. The van der Waals surface area contributed by atoms with E-state index in [4.69, 9.17) is 16.3 Å². The molecule has 1 amide bonds. The zero-order valence-corrected chi connectivity index (χ0v) is 16.4. The number of benzene rings is 1. The minimum Gasteiger partial charge on any atom is -0.444 e. The molecule has 2 aromatic rings. The van der Waals surface area contributed by atoms with Crippen molar-refractivity contribution >= 4 is 17.7 Å². The van der Waals surface area contributed by atoms with Gasteiger partial charge in [0.25, 0.3) is 0 Å². The molecular formula is C19H19ClF3N3O2. The lowest BCUT2D eigenvalue weighted by atomic mass is 10.1. The first-order valence-electron chi connectivity index (χ1n) is 8.65. The molecule has 28 heavy (non-hydrogen) atoms. The summed E-state index contributed by atoms with van der Waals surface area (Å²) in [4.78, 5) is 22.5. The van der Waals surface area contributed by atoms with E-state index in [-0.39, 0.29) is 17.5 Å². The summed E-state index contributed by atoms with van der Waals surface area (Å²) in [6.45, 7) is 5.96. The topological polar surface area (TPSA) is 55.3 Å². The molecule has 0 N–H and O–H groups in total. The third-order valence-electron chi connectivity index (χ3n) is 4.14. The zero-order chi connectivity index (χ0) is 20.7. The normalized spacial score (nSPS) is 14.6. The number of hydrogen-bond acceptors (Lipinski definition) is 4. The quantitative estimate of drug-likeness (QED) is 0.610. The van der Waals surface area contributed by atoms with Crippen molar-refractivity contribution in [1.82, 2.24) is 14.9 Å². The predicted molar refractivity (Wildman–Crippen MR) is 97.8 cm³/mol. The fraction of sp³-hybridized carbons (Fsp3) is 0.421. The first-order valence-corrected chi connectivity index (χ1v) is 9.03. The molecule has 0 saturated heterocycles. The molecule has 0 atom stereocenters. The van der Waals surface area contributed by atoms with E-state index < -0.39 is 23.4 Å². The zero-order valence-electron chi connectivity index (χ0n) is 15.6. The van der Waals surface area contributed by atoms with Gasteiger partial charge in [-0.1, -0.05) is 23.7 Å². The first-order chi connectivity index (χ1) is 12.9. The van der Waals surface area contributed by atoms with E-state index >= 15 is 0 Å². The Hall–Kier alpha value is -2.35. The summed E-state index contributed by atoms with van der Waals surface area (Å²) in [5, 5.41) is 0.240. The molecule has 0 unspecified atom stereocenters. The highest BCUT2D eigenvalue weighted by Gasteiger charge is 2.31. The second-order valence-corrected chi connectivity index (χ2v) is 7.85.